The highest BCUT2D eigenvalue weighted by atomic mass is 32.2. The Morgan fingerprint density at radius 1 is 1.42 bits per heavy atom. The van der Waals surface area contributed by atoms with E-state index in [0.717, 1.165) is 23.3 Å². The minimum atomic E-state index is -2.98. The molecule has 104 valence electrons. The first-order valence-electron chi connectivity index (χ1n) is 6.26. The van der Waals surface area contributed by atoms with Gasteiger partial charge in [0.15, 0.2) is 15.5 Å². The highest BCUT2D eigenvalue weighted by Crippen LogP contribution is 2.30. The number of nitrogens with zero attached hydrogens (tertiary/aromatic N) is 4. The normalized spacial score (nSPS) is 22.9. The van der Waals surface area contributed by atoms with Crippen molar-refractivity contribution in [1.29, 1.82) is 0 Å². The zero-order valence-corrected chi connectivity index (χ0v) is 11.8. The van der Waals surface area contributed by atoms with Crippen molar-refractivity contribution >= 4 is 26.9 Å². The molecule has 0 aliphatic carbocycles. The fourth-order valence-corrected chi connectivity index (χ4v) is 4.55. The van der Waals surface area contributed by atoms with Crippen LogP contribution < -0.4 is 5.73 Å². The van der Waals surface area contributed by atoms with E-state index in [1.54, 1.807) is 4.68 Å². The summed E-state index contributed by atoms with van der Waals surface area (Å²) in [6.45, 7) is 1.87. The second-order valence-electron chi connectivity index (χ2n) is 5.13. The van der Waals surface area contributed by atoms with Gasteiger partial charge in [0.05, 0.1) is 23.2 Å². The maximum absolute atomic E-state index is 11.8. The van der Waals surface area contributed by atoms with Crippen LogP contribution in [0.25, 0.3) is 11.2 Å². The number of fused-ring (bicyclic) bond motifs is 1. The Labute approximate surface area is 111 Å². The van der Waals surface area contributed by atoms with Gasteiger partial charge in [-0.05, 0) is 19.8 Å². The van der Waals surface area contributed by atoms with Crippen molar-refractivity contribution < 1.29 is 8.42 Å². The summed E-state index contributed by atoms with van der Waals surface area (Å²) in [5.74, 6) is 0.770. The van der Waals surface area contributed by atoms with Crippen LogP contribution in [-0.4, -0.2) is 39.3 Å². The number of aromatic nitrogens is 4. The van der Waals surface area contributed by atoms with E-state index in [1.807, 2.05) is 18.5 Å². The van der Waals surface area contributed by atoms with E-state index >= 15 is 0 Å². The van der Waals surface area contributed by atoms with E-state index in [-0.39, 0.29) is 17.5 Å². The maximum atomic E-state index is 11.8. The zero-order valence-electron chi connectivity index (χ0n) is 11.0. The molecule has 0 aromatic carbocycles. The molecule has 1 aliphatic rings. The Morgan fingerprint density at radius 2 is 2.16 bits per heavy atom. The van der Waals surface area contributed by atoms with Gasteiger partial charge in [0, 0.05) is 7.05 Å². The maximum Gasteiger partial charge on any atom is 0.202 e. The number of anilines is 1. The van der Waals surface area contributed by atoms with Crippen LogP contribution in [0, 0.1) is 6.92 Å². The number of sulfone groups is 1. The largest absolute Gasteiger partial charge is 0.369 e. The third kappa shape index (κ3) is 1.90. The number of rotatable bonds is 1. The van der Waals surface area contributed by atoms with Crippen LogP contribution in [-0.2, 0) is 16.9 Å². The molecule has 3 heterocycles. The molecule has 2 aromatic heterocycles. The minimum absolute atomic E-state index is 0.132. The Balaban J connectivity index is 2.17. The van der Waals surface area contributed by atoms with Crippen molar-refractivity contribution in [3.63, 3.8) is 0 Å². The van der Waals surface area contributed by atoms with E-state index in [4.69, 9.17) is 5.73 Å². The van der Waals surface area contributed by atoms with Gasteiger partial charge in [-0.15, -0.1) is 0 Å². The molecule has 0 saturated carbocycles. The number of nitrogens with two attached hydrogens (primary N) is 1. The van der Waals surface area contributed by atoms with Crippen LogP contribution in [0.3, 0.4) is 0 Å². The van der Waals surface area contributed by atoms with Crippen LogP contribution in [0.5, 0.6) is 0 Å². The fraction of sp³-hybridized carbons (Fsp3) is 0.636. The summed E-state index contributed by atoms with van der Waals surface area (Å²) in [7, 11) is -1.16. The summed E-state index contributed by atoms with van der Waals surface area (Å²) in [5, 5.41) is 4.31. The Kier molecular flexibility index (Phi) is 2.60. The van der Waals surface area contributed by atoms with Crippen molar-refractivity contribution in [2.45, 2.75) is 25.8 Å². The van der Waals surface area contributed by atoms with Gasteiger partial charge in [0.2, 0.25) is 5.95 Å². The molecule has 0 amide bonds. The van der Waals surface area contributed by atoms with Crippen LogP contribution >= 0.6 is 0 Å². The first-order valence-corrected chi connectivity index (χ1v) is 8.08. The van der Waals surface area contributed by atoms with E-state index < -0.39 is 9.84 Å². The molecule has 1 saturated heterocycles. The fourth-order valence-electron chi connectivity index (χ4n) is 2.87. The summed E-state index contributed by atoms with van der Waals surface area (Å²) in [4.78, 5) is 4.32. The van der Waals surface area contributed by atoms with Crippen LogP contribution in [0.4, 0.5) is 5.95 Å². The summed E-state index contributed by atoms with van der Waals surface area (Å²) < 4.78 is 27.1. The van der Waals surface area contributed by atoms with Gasteiger partial charge in [0.1, 0.15) is 5.52 Å². The molecule has 0 bridgehead atoms. The van der Waals surface area contributed by atoms with Crippen molar-refractivity contribution in [3.8, 4) is 0 Å². The SMILES string of the molecule is Cc1nn(C)c2c1nc(N)n2C1CCCS(=O)(=O)C1. The summed E-state index contributed by atoms with van der Waals surface area (Å²) in [6, 6.07) is -0.140. The summed E-state index contributed by atoms with van der Waals surface area (Å²) in [6.07, 6.45) is 1.47. The number of hydrogen-bond acceptors (Lipinski definition) is 5. The topological polar surface area (TPSA) is 95.8 Å². The Morgan fingerprint density at radius 3 is 2.84 bits per heavy atom. The van der Waals surface area contributed by atoms with Gasteiger partial charge in [-0.3, -0.25) is 9.25 Å². The minimum Gasteiger partial charge on any atom is -0.369 e. The van der Waals surface area contributed by atoms with Gasteiger partial charge in [-0.2, -0.15) is 5.10 Å². The first-order chi connectivity index (χ1) is 8.89. The number of aryl methyl sites for hydroxylation is 2. The average molecular weight is 283 g/mol. The highest BCUT2D eigenvalue weighted by Gasteiger charge is 2.29. The first kappa shape index (κ1) is 12.5. The molecule has 8 heteroatoms. The lowest BCUT2D eigenvalue weighted by Gasteiger charge is -2.24. The standard InChI is InChI=1S/C11H17N5O2S/c1-7-9-10(15(2)14-7)16(11(12)13-9)8-4-3-5-19(17,18)6-8/h8H,3-6H2,1-2H3,(H2,12,13). The molecule has 0 spiro atoms. The quantitative estimate of drug-likeness (QED) is 0.817. The van der Waals surface area contributed by atoms with Crippen molar-refractivity contribution in [1.82, 2.24) is 19.3 Å². The smallest absolute Gasteiger partial charge is 0.202 e. The van der Waals surface area contributed by atoms with E-state index in [0.29, 0.717) is 12.4 Å². The molecule has 2 N–H and O–H groups in total. The molecule has 1 aliphatic heterocycles. The van der Waals surface area contributed by atoms with Crippen LogP contribution in [0.2, 0.25) is 0 Å². The van der Waals surface area contributed by atoms with Crippen LogP contribution in [0.15, 0.2) is 0 Å². The molecule has 1 atom stereocenters. The second kappa shape index (κ2) is 3.96. The van der Waals surface area contributed by atoms with Crippen LogP contribution in [0.1, 0.15) is 24.6 Å². The van der Waals surface area contributed by atoms with E-state index in [1.165, 1.54) is 0 Å². The Bertz CT molecular complexity index is 743. The van der Waals surface area contributed by atoms with E-state index in [9.17, 15) is 8.42 Å². The average Bonchev–Trinajstić information content (AvgIpc) is 2.76. The molecule has 19 heavy (non-hydrogen) atoms. The lowest BCUT2D eigenvalue weighted by Crippen LogP contribution is -2.28. The molecule has 2 aromatic rings. The molecule has 3 rings (SSSR count). The molecule has 1 fully saturated rings. The molecular weight excluding hydrogens is 266 g/mol. The van der Waals surface area contributed by atoms with Crippen molar-refractivity contribution in [2.24, 2.45) is 7.05 Å². The van der Waals surface area contributed by atoms with Gasteiger partial charge in [-0.25, -0.2) is 13.4 Å². The third-order valence-corrected chi connectivity index (χ3v) is 5.47. The molecule has 1 unspecified atom stereocenters. The van der Waals surface area contributed by atoms with E-state index in [2.05, 4.69) is 10.1 Å². The number of imidazole rings is 1. The third-order valence-electron chi connectivity index (χ3n) is 3.67. The second-order valence-corrected chi connectivity index (χ2v) is 7.36. The number of hydrogen-bond donors (Lipinski definition) is 1. The van der Waals surface area contributed by atoms with Gasteiger partial charge in [0.25, 0.3) is 0 Å². The molecule has 0 radical (unpaired) electrons. The summed E-state index contributed by atoms with van der Waals surface area (Å²) >= 11 is 0. The van der Waals surface area contributed by atoms with Crippen molar-refractivity contribution in [2.75, 3.05) is 17.2 Å². The zero-order chi connectivity index (χ0) is 13.8. The predicted octanol–water partition coefficient (Wildman–Crippen LogP) is 0.410. The molecular formula is C11H17N5O2S. The van der Waals surface area contributed by atoms with Crippen molar-refractivity contribution in [3.05, 3.63) is 5.69 Å². The Hall–Kier alpha value is -1.57. The number of nitrogen functional groups attached to an aromatic ring is 1. The monoisotopic (exact) mass is 283 g/mol. The summed E-state index contributed by atoms with van der Waals surface area (Å²) in [5.41, 5.74) is 8.33. The van der Waals surface area contributed by atoms with Gasteiger partial charge >= 0.3 is 0 Å². The lowest BCUT2D eigenvalue weighted by molar-refractivity contribution is 0.477. The highest BCUT2D eigenvalue weighted by molar-refractivity contribution is 7.91. The molecule has 7 nitrogen and oxygen atoms in total. The van der Waals surface area contributed by atoms with Gasteiger partial charge < -0.3 is 5.73 Å². The van der Waals surface area contributed by atoms with Gasteiger partial charge in [-0.1, -0.05) is 0 Å². The lowest BCUT2D eigenvalue weighted by atomic mass is 10.2. The predicted molar refractivity (Wildman–Crippen MR) is 72.6 cm³/mol.